The molecular weight excluding hydrogens is 260 g/mol. The van der Waals surface area contributed by atoms with Gasteiger partial charge in [-0.2, -0.15) is 5.10 Å². The van der Waals surface area contributed by atoms with Gasteiger partial charge >= 0.3 is 5.97 Å². The molecule has 0 fully saturated rings. The first-order chi connectivity index (χ1) is 9.52. The van der Waals surface area contributed by atoms with E-state index in [0.29, 0.717) is 5.56 Å². The first kappa shape index (κ1) is 13.9. The van der Waals surface area contributed by atoms with E-state index in [0.717, 1.165) is 10.9 Å². The van der Waals surface area contributed by atoms with Gasteiger partial charge in [0.15, 0.2) is 5.78 Å². The summed E-state index contributed by atoms with van der Waals surface area (Å²) in [5, 5.41) is 4.88. The van der Waals surface area contributed by atoms with Gasteiger partial charge in [0, 0.05) is 18.0 Å². The minimum absolute atomic E-state index is 0.112. The Hall–Kier alpha value is -2.50. The topological polar surface area (TPSA) is 78.3 Å². The molecule has 0 unspecified atom stereocenters. The summed E-state index contributed by atoms with van der Waals surface area (Å²) in [6.45, 7) is 1.71. The first-order valence-corrected chi connectivity index (χ1v) is 6.18. The second-order valence-electron chi connectivity index (χ2n) is 4.29. The zero-order chi connectivity index (χ0) is 14.7. The highest BCUT2D eigenvalue weighted by Gasteiger charge is 2.20. The van der Waals surface area contributed by atoms with Crippen LogP contribution in [-0.4, -0.2) is 33.9 Å². The van der Waals surface area contributed by atoms with Crippen LogP contribution in [0, 0.1) is 0 Å². The van der Waals surface area contributed by atoms with Crippen LogP contribution in [0.1, 0.15) is 23.7 Å². The summed E-state index contributed by atoms with van der Waals surface area (Å²) >= 11 is 0. The normalized spacial score (nSPS) is 10.5. The predicted molar refractivity (Wildman–Crippen MR) is 71.3 cm³/mol. The second-order valence-corrected chi connectivity index (χ2v) is 4.29. The van der Waals surface area contributed by atoms with Gasteiger partial charge in [0.2, 0.25) is 5.78 Å². The van der Waals surface area contributed by atoms with Crippen LogP contribution in [-0.2, 0) is 21.4 Å². The molecule has 0 aliphatic carbocycles. The highest BCUT2D eigenvalue weighted by atomic mass is 16.5. The van der Waals surface area contributed by atoms with Crippen molar-refractivity contribution in [2.24, 2.45) is 7.05 Å². The van der Waals surface area contributed by atoms with E-state index in [1.807, 2.05) is 0 Å². The van der Waals surface area contributed by atoms with Crippen molar-refractivity contribution in [3.05, 3.63) is 30.0 Å². The quantitative estimate of drug-likeness (QED) is 0.355. The molecule has 0 bridgehead atoms. The Kier molecular flexibility index (Phi) is 3.93. The van der Waals surface area contributed by atoms with E-state index in [2.05, 4.69) is 9.84 Å². The van der Waals surface area contributed by atoms with Gasteiger partial charge in [0.1, 0.15) is 0 Å². The van der Waals surface area contributed by atoms with Crippen LogP contribution in [0.25, 0.3) is 10.9 Å². The smallest absolute Gasteiger partial charge is 0.375 e. The Balaban J connectivity index is 2.15. The molecule has 1 aromatic carbocycles. The van der Waals surface area contributed by atoms with Crippen molar-refractivity contribution in [3.63, 3.8) is 0 Å². The van der Waals surface area contributed by atoms with E-state index >= 15 is 0 Å². The number of nitrogens with zero attached hydrogens (tertiary/aromatic N) is 2. The van der Waals surface area contributed by atoms with Crippen LogP contribution < -0.4 is 0 Å². The molecule has 20 heavy (non-hydrogen) atoms. The van der Waals surface area contributed by atoms with Crippen LogP contribution >= 0.6 is 0 Å². The summed E-state index contributed by atoms with van der Waals surface area (Å²) in [6, 6.07) is 5.03. The third kappa shape index (κ3) is 2.74. The van der Waals surface area contributed by atoms with E-state index in [1.54, 1.807) is 43.0 Å². The molecule has 6 heteroatoms. The van der Waals surface area contributed by atoms with Crippen molar-refractivity contribution in [1.82, 2.24) is 9.78 Å². The maximum Gasteiger partial charge on any atom is 0.375 e. The zero-order valence-electron chi connectivity index (χ0n) is 11.3. The lowest BCUT2D eigenvalue weighted by Crippen LogP contribution is -2.20. The van der Waals surface area contributed by atoms with Crippen molar-refractivity contribution in [3.8, 4) is 0 Å². The third-order valence-electron chi connectivity index (χ3n) is 2.89. The number of benzene rings is 1. The fourth-order valence-corrected chi connectivity index (χ4v) is 1.87. The van der Waals surface area contributed by atoms with Crippen LogP contribution in [0.2, 0.25) is 0 Å². The van der Waals surface area contributed by atoms with Crippen molar-refractivity contribution in [1.29, 1.82) is 0 Å². The first-order valence-electron chi connectivity index (χ1n) is 6.18. The van der Waals surface area contributed by atoms with Gasteiger partial charge in [-0.1, -0.05) is 0 Å². The Bertz CT molecular complexity index is 688. The van der Waals surface area contributed by atoms with Crippen molar-refractivity contribution >= 4 is 28.4 Å². The number of aryl methyl sites for hydroxylation is 1. The monoisotopic (exact) mass is 274 g/mol. The Morgan fingerprint density at radius 2 is 2.05 bits per heavy atom. The van der Waals surface area contributed by atoms with Gasteiger partial charge in [-0.3, -0.25) is 14.3 Å². The molecule has 1 aromatic heterocycles. The maximum atomic E-state index is 12.0. The third-order valence-corrected chi connectivity index (χ3v) is 2.89. The molecule has 0 amide bonds. The molecule has 0 radical (unpaired) electrons. The zero-order valence-corrected chi connectivity index (χ0v) is 11.3. The number of hydrogen-bond acceptors (Lipinski definition) is 5. The van der Waals surface area contributed by atoms with Crippen molar-refractivity contribution < 1.29 is 19.1 Å². The number of carbonyl (C=O) groups is 3. The molecule has 0 aliphatic heterocycles. The van der Waals surface area contributed by atoms with E-state index in [4.69, 9.17) is 0 Å². The SMILES string of the molecule is CCOC(=O)C(=O)CC(=O)c1ccc2c(cnn2C)c1. The summed E-state index contributed by atoms with van der Waals surface area (Å²) in [5.41, 5.74) is 1.27. The van der Waals surface area contributed by atoms with Crippen molar-refractivity contribution in [2.45, 2.75) is 13.3 Å². The molecule has 0 aliphatic rings. The summed E-state index contributed by atoms with van der Waals surface area (Å²) < 4.78 is 6.25. The molecule has 0 N–H and O–H groups in total. The lowest BCUT2D eigenvalue weighted by atomic mass is 10.0. The molecule has 0 atom stereocenters. The number of hydrogen-bond donors (Lipinski definition) is 0. The van der Waals surface area contributed by atoms with E-state index < -0.39 is 24.0 Å². The number of fused-ring (bicyclic) bond motifs is 1. The van der Waals surface area contributed by atoms with Crippen LogP contribution in [0.3, 0.4) is 0 Å². The summed E-state index contributed by atoms with van der Waals surface area (Å²) in [6.07, 6.45) is 1.16. The second kappa shape index (κ2) is 5.64. The number of ketones is 2. The molecule has 104 valence electrons. The number of esters is 1. The molecule has 6 nitrogen and oxygen atoms in total. The molecule has 0 saturated heterocycles. The van der Waals surface area contributed by atoms with Gasteiger partial charge < -0.3 is 4.74 Å². The summed E-state index contributed by atoms with van der Waals surface area (Å²) in [4.78, 5) is 34.6. The summed E-state index contributed by atoms with van der Waals surface area (Å²) in [7, 11) is 1.80. The summed E-state index contributed by atoms with van der Waals surface area (Å²) in [5.74, 6) is -2.21. The number of carbonyl (C=O) groups excluding carboxylic acids is 3. The molecule has 1 heterocycles. The number of rotatable bonds is 5. The molecule has 2 rings (SSSR count). The van der Waals surface area contributed by atoms with Gasteiger partial charge in [-0.15, -0.1) is 0 Å². The molecule has 0 spiro atoms. The van der Waals surface area contributed by atoms with E-state index in [-0.39, 0.29) is 6.61 Å². The van der Waals surface area contributed by atoms with Gasteiger partial charge in [-0.05, 0) is 25.1 Å². The highest BCUT2D eigenvalue weighted by Crippen LogP contribution is 2.16. The maximum absolute atomic E-state index is 12.0. The minimum atomic E-state index is -0.969. The average molecular weight is 274 g/mol. The number of Topliss-reactive ketones (excluding diaryl/α,β-unsaturated/α-hetero) is 2. The van der Waals surface area contributed by atoms with Gasteiger partial charge in [-0.25, -0.2) is 4.79 Å². The molecule has 2 aromatic rings. The average Bonchev–Trinajstić information content (AvgIpc) is 2.80. The number of aromatic nitrogens is 2. The Morgan fingerprint density at radius 1 is 1.30 bits per heavy atom. The van der Waals surface area contributed by atoms with E-state index in [9.17, 15) is 14.4 Å². The standard InChI is InChI=1S/C14H14N2O4/c1-3-20-14(19)13(18)7-12(17)9-4-5-11-10(6-9)8-15-16(11)2/h4-6,8H,3,7H2,1-2H3. The van der Waals surface area contributed by atoms with E-state index in [1.165, 1.54) is 0 Å². The minimum Gasteiger partial charge on any atom is -0.460 e. The predicted octanol–water partition coefficient (Wildman–Crippen LogP) is 1.28. The highest BCUT2D eigenvalue weighted by molar-refractivity contribution is 6.38. The van der Waals surface area contributed by atoms with Crippen LogP contribution in [0.15, 0.2) is 24.4 Å². The van der Waals surface area contributed by atoms with Crippen LogP contribution in [0.5, 0.6) is 0 Å². The van der Waals surface area contributed by atoms with Crippen molar-refractivity contribution in [2.75, 3.05) is 6.61 Å². The van der Waals surface area contributed by atoms with Gasteiger partial charge in [0.25, 0.3) is 0 Å². The lowest BCUT2D eigenvalue weighted by Gasteiger charge is -2.02. The lowest BCUT2D eigenvalue weighted by molar-refractivity contribution is -0.153. The Morgan fingerprint density at radius 3 is 2.75 bits per heavy atom. The number of ether oxygens (including phenoxy) is 1. The fraction of sp³-hybridized carbons (Fsp3) is 0.286. The molecular formula is C14H14N2O4. The molecule has 0 saturated carbocycles. The fourth-order valence-electron chi connectivity index (χ4n) is 1.87. The largest absolute Gasteiger partial charge is 0.460 e. The Labute approximate surface area is 115 Å². The van der Waals surface area contributed by atoms with Gasteiger partial charge in [0.05, 0.1) is 24.7 Å². The van der Waals surface area contributed by atoms with Crippen LogP contribution in [0.4, 0.5) is 0 Å².